The van der Waals surface area contributed by atoms with Gasteiger partial charge in [-0.15, -0.1) is 0 Å². The van der Waals surface area contributed by atoms with Crippen LogP contribution in [-0.2, 0) is 5.41 Å². The second kappa shape index (κ2) is 3.59. The molecule has 1 aliphatic rings. The van der Waals surface area contributed by atoms with Crippen molar-refractivity contribution < 1.29 is 0 Å². The average Bonchev–Trinajstić information content (AvgIpc) is 2.32. The molecule has 1 atom stereocenters. The first-order chi connectivity index (χ1) is 6.84. The van der Waals surface area contributed by atoms with Gasteiger partial charge >= 0.3 is 0 Å². The maximum absolute atomic E-state index is 3.81. The molecule has 15 heavy (non-hydrogen) atoms. The molecule has 0 radical (unpaired) electrons. The van der Waals surface area contributed by atoms with Crippen LogP contribution in [0.4, 0.5) is 0 Å². The molecule has 0 aliphatic heterocycles. The van der Waals surface area contributed by atoms with Crippen molar-refractivity contribution in [1.82, 2.24) is 0 Å². The summed E-state index contributed by atoms with van der Waals surface area (Å²) in [5.41, 5.74) is 6.16. The summed E-state index contributed by atoms with van der Waals surface area (Å²) in [5, 5.41) is 0. The van der Waals surface area contributed by atoms with Crippen molar-refractivity contribution in [1.29, 1.82) is 0 Å². The highest BCUT2D eigenvalue weighted by molar-refractivity contribution is 9.10. The smallest absolute Gasteiger partial charge is 0.0409 e. The van der Waals surface area contributed by atoms with Crippen LogP contribution in [0.2, 0.25) is 0 Å². The molecule has 2 rings (SSSR count). The summed E-state index contributed by atoms with van der Waals surface area (Å²) < 4.78 is 1.24. The predicted molar refractivity (Wildman–Crippen MR) is 72.9 cm³/mol. The Bertz CT molecular complexity index is 419. The Balaban J connectivity index is 2.78. The van der Waals surface area contributed by atoms with E-state index in [4.69, 9.17) is 0 Å². The summed E-state index contributed by atoms with van der Waals surface area (Å²) in [6.45, 7) is 9.11. The molecular weight excluding hydrogens is 316 g/mol. The number of hydrogen-bond acceptors (Lipinski definition) is 0. The highest BCUT2D eigenvalue weighted by atomic mass is 79.9. The SMILES string of the molecule is Cc1cc(Br)c(C)c2c1C(C)(C)CC2Br. The van der Waals surface area contributed by atoms with E-state index in [2.05, 4.69) is 65.6 Å². The van der Waals surface area contributed by atoms with E-state index in [-0.39, 0.29) is 0 Å². The Morgan fingerprint density at radius 1 is 1.33 bits per heavy atom. The zero-order valence-electron chi connectivity index (χ0n) is 9.62. The van der Waals surface area contributed by atoms with Crippen molar-refractivity contribution in [2.75, 3.05) is 0 Å². The Morgan fingerprint density at radius 3 is 2.53 bits per heavy atom. The number of rotatable bonds is 0. The summed E-state index contributed by atoms with van der Waals surface area (Å²) in [4.78, 5) is 0.513. The fourth-order valence-electron chi connectivity index (χ4n) is 2.84. The van der Waals surface area contributed by atoms with Crippen molar-refractivity contribution in [3.63, 3.8) is 0 Å². The first kappa shape index (κ1) is 11.7. The summed E-state index contributed by atoms with van der Waals surface area (Å²) in [6.07, 6.45) is 1.19. The molecule has 82 valence electrons. The fourth-order valence-corrected chi connectivity index (χ4v) is 4.78. The molecule has 0 amide bonds. The van der Waals surface area contributed by atoms with Crippen LogP contribution in [0.3, 0.4) is 0 Å². The highest BCUT2D eigenvalue weighted by Crippen LogP contribution is 2.52. The molecule has 1 aliphatic carbocycles. The Kier molecular flexibility index (Phi) is 2.79. The number of alkyl halides is 1. The molecule has 0 bridgehead atoms. The van der Waals surface area contributed by atoms with E-state index in [9.17, 15) is 0 Å². The van der Waals surface area contributed by atoms with Gasteiger partial charge in [0.05, 0.1) is 0 Å². The molecule has 0 heterocycles. The Hall–Kier alpha value is 0.180. The van der Waals surface area contributed by atoms with E-state index in [0.717, 1.165) is 0 Å². The van der Waals surface area contributed by atoms with Gasteiger partial charge in [0, 0.05) is 9.30 Å². The molecule has 0 fully saturated rings. The molecule has 0 N–H and O–H groups in total. The van der Waals surface area contributed by atoms with Crippen molar-refractivity contribution in [2.45, 2.75) is 44.4 Å². The first-order valence-corrected chi connectivity index (χ1v) is 6.99. The molecule has 1 aromatic carbocycles. The van der Waals surface area contributed by atoms with Crippen LogP contribution in [-0.4, -0.2) is 0 Å². The number of halogens is 2. The van der Waals surface area contributed by atoms with Crippen LogP contribution in [0.5, 0.6) is 0 Å². The molecular formula is C13H16Br2. The zero-order chi connectivity index (χ0) is 11.4. The van der Waals surface area contributed by atoms with Gasteiger partial charge in [0.15, 0.2) is 0 Å². The van der Waals surface area contributed by atoms with Crippen molar-refractivity contribution in [2.24, 2.45) is 0 Å². The summed E-state index contributed by atoms with van der Waals surface area (Å²) >= 11 is 7.45. The summed E-state index contributed by atoms with van der Waals surface area (Å²) in [5.74, 6) is 0. The molecule has 1 aromatic rings. The Labute approximate surface area is 109 Å². The van der Waals surface area contributed by atoms with E-state index in [1.165, 1.54) is 27.6 Å². The number of benzene rings is 1. The van der Waals surface area contributed by atoms with Crippen LogP contribution in [0, 0.1) is 13.8 Å². The van der Waals surface area contributed by atoms with Gasteiger partial charge in [-0.1, -0.05) is 45.7 Å². The van der Waals surface area contributed by atoms with Crippen LogP contribution >= 0.6 is 31.9 Å². The molecule has 0 spiro atoms. The van der Waals surface area contributed by atoms with Gasteiger partial charge in [-0.3, -0.25) is 0 Å². The maximum atomic E-state index is 3.81. The molecule has 1 unspecified atom stereocenters. The maximum Gasteiger partial charge on any atom is 0.0409 e. The third-order valence-corrected chi connectivity index (χ3v) is 5.05. The number of fused-ring (bicyclic) bond motifs is 1. The van der Waals surface area contributed by atoms with Gasteiger partial charge in [-0.25, -0.2) is 0 Å². The minimum Gasteiger partial charge on any atom is -0.0838 e. The van der Waals surface area contributed by atoms with Gasteiger partial charge in [0.1, 0.15) is 0 Å². The third-order valence-electron chi connectivity index (χ3n) is 3.45. The van der Waals surface area contributed by atoms with Crippen molar-refractivity contribution >= 4 is 31.9 Å². The van der Waals surface area contributed by atoms with Crippen molar-refractivity contribution in [3.8, 4) is 0 Å². The lowest BCUT2D eigenvalue weighted by atomic mass is 9.83. The van der Waals surface area contributed by atoms with Crippen LogP contribution in [0.1, 0.15) is 47.3 Å². The largest absolute Gasteiger partial charge is 0.0838 e. The predicted octanol–water partition coefficient (Wildman–Crippen LogP) is 5.18. The first-order valence-electron chi connectivity index (χ1n) is 5.29. The van der Waals surface area contributed by atoms with Gasteiger partial charge in [-0.2, -0.15) is 0 Å². The van der Waals surface area contributed by atoms with Gasteiger partial charge in [-0.05, 0) is 54.0 Å². The van der Waals surface area contributed by atoms with Gasteiger partial charge < -0.3 is 0 Å². The minimum absolute atomic E-state index is 0.305. The van der Waals surface area contributed by atoms with Gasteiger partial charge in [0.25, 0.3) is 0 Å². The lowest BCUT2D eigenvalue weighted by molar-refractivity contribution is 0.518. The number of aryl methyl sites for hydroxylation is 1. The zero-order valence-corrected chi connectivity index (χ0v) is 12.8. The van der Waals surface area contributed by atoms with E-state index in [0.29, 0.717) is 10.2 Å². The topological polar surface area (TPSA) is 0 Å². The second-order valence-corrected chi connectivity index (χ2v) is 7.10. The van der Waals surface area contributed by atoms with Crippen LogP contribution in [0.25, 0.3) is 0 Å². The lowest BCUT2D eigenvalue weighted by Gasteiger charge is -2.22. The third kappa shape index (κ3) is 1.70. The molecule has 0 saturated carbocycles. The van der Waals surface area contributed by atoms with Crippen LogP contribution in [0.15, 0.2) is 10.5 Å². The standard InChI is InChI=1S/C13H16Br2/c1-7-5-9(14)8(2)11-10(15)6-13(3,4)12(7)11/h5,10H,6H2,1-4H3. The molecule has 0 aromatic heterocycles. The summed E-state index contributed by atoms with van der Waals surface area (Å²) in [7, 11) is 0. The lowest BCUT2D eigenvalue weighted by Crippen LogP contribution is -2.13. The van der Waals surface area contributed by atoms with E-state index < -0.39 is 0 Å². The molecule has 0 saturated heterocycles. The molecule has 2 heteroatoms. The van der Waals surface area contributed by atoms with E-state index in [1.54, 1.807) is 5.56 Å². The normalized spacial score (nSPS) is 22.9. The summed E-state index contributed by atoms with van der Waals surface area (Å²) in [6, 6.07) is 2.25. The highest BCUT2D eigenvalue weighted by Gasteiger charge is 2.38. The van der Waals surface area contributed by atoms with Crippen LogP contribution < -0.4 is 0 Å². The van der Waals surface area contributed by atoms with Crippen molar-refractivity contribution in [3.05, 3.63) is 32.8 Å². The monoisotopic (exact) mass is 330 g/mol. The van der Waals surface area contributed by atoms with E-state index in [1.807, 2.05) is 0 Å². The number of hydrogen-bond donors (Lipinski definition) is 0. The van der Waals surface area contributed by atoms with Gasteiger partial charge in [0.2, 0.25) is 0 Å². The Morgan fingerprint density at radius 2 is 1.93 bits per heavy atom. The minimum atomic E-state index is 0.305. The molecule has 0 nitrogen and oxygen atoms in total. The quantitative estimate of drug-likeness (QED) is 0.574. The second-order valence-electron chi connectivity index (χ2n) is 5.14. The van der Waals surface area contributed by atoms with E-state index >= 15 is 0 Å². The average molecular weight is 332 g/mol. The fraction of sp³-hybridized carbons (Fsp3) is 0.538.